The number of benzene rings is 1. The van der Waals surface area contributed by atoms with Gasteiger partial charge in [0.15, 0.2) is 5.82 Å². The molecule has 0 amide bonds. The third-order valence-electron chi connectivity index (χ3n) is 4.37. The monoisotopic (exact) mass is 323 g/mol. The topological polar surface area (TPSA) is 74.2 Å². The van der Waals surface area contributed by atoms with E-state index in [9.17, 15) is 0 Å². The number of nitrogens with zero attached hydrogens (tertiary/aromatic N) is 2. The van der Waals surface area contributed by atoms with Gasteiger partial charge in [-0.2, -0.15) is 4.98 Å². The van der Waals surface area contributed by atoms with E-state index in [1.165, 1.54) is 11.1 Å². The Bertz CT molecular complexity index is 609. The van der Waals surface area contributed by atoms with Crippen molar-refractivity contribution in [3.8, 4) is 0 Å². The molecule has 3 rings (SSSR count). The first-order chi connectivity index (χ1) is 10.2. The van der Waals surface area contributed by atoms with Crippen LogP contribution in [0.3, 0.4) is 0 Å². The molecule has 1 aromatic heterocycles. The highest BCUT2D eigenvalue weighted by atomic mass is 35.5. The van der Waals surface area contributed by atoms with Crippen molar-refractivity contribution in [3.05, 3.63) is 47.1 Å². The second-order valence-corrected chi connectivity index (χ2v) is 5.72. The van der Waals surface area contributed by atoms with E-state index in [4.69, 9.17) is 15.0 Å². The molecule has 0 atom stereocenters. The molecule has 2 heterocycles. The van der Waals surface area contributed by atoms with Gasteiger partial charge in [-0.1, -0.05) is 29.4 Å². The molecule has 0 radical (unpaired) electrons. The van der Waals surface area contributed by atoms with E-state index in [1.54, 1.807) is 0 Å². The molecule has 0 aliphatic carbocycles. The molecule has 6 heteroatoms. The summed E-state index contributed by atoms with van der Waals surface area (Å²) < 4.78 is 10.9. The van der Waals surface area contributed by atoms with Crippen LogP contribution in [0, 0.1) is 6.92 Å². The SMILES string of the molecule is Cc1ccccc1Cc1noc(C2(CN)CCOCC2)n1.Cl. The quantitative estimate of drug-likeness (QED) is 0.935. The van der Waals surface area contributed by atoms with Gasteiger partial charge in [-0.05, 0) is 30.9 Å². The van der Waals surface area contributed by atoms with Gasteiger partial charge in [-0.3, -0.25) is 0 Å². The Balaban J connectivity index is 0.00000176. The number of hydrogen-bond acceptors (Lipinski definition) is 5. The molecular weight excluding hydrogens is 302 g/mol. The van der Waals surface area contributed by atoms with Crippen molar-refractivity contribution in [2.75, 3.05) is 19.8 Å². The van der Waals surface area contributed by atoms with Gasteiger partial charge in [0.2, 0.25) is 5.89 Å². The van der Waals surface area contributed by atoms with Crippen LogP contribution in [0.4, 0.5) is 0 Å². The molecular formula is C16H22ClN3O2. The van der Waals surface area contributed by atoms with Crippen molar-refractivity contribution in [2.24, 2.45) is 5.73 Å². The second kappa shape index (κ2) is 7.22. The van der Waals surface area contributed by atoms with Crippen molar-refractivity contribution in [1.82, 2.24) is 10.1 Å². The minimum absolute atomic E-state index is 0. The highest BCUT2D eigenvalue weighted by Gasteiger charge is 2.38. The van der Waals surface area contributed by atoms with Crippen LogP contribution in [0.25, 0.3) is 0 Å². The van der Waals surface area contributed by atoms with E-state index < -0.39 is 0 Å². The Kier molecular flexibility index (Phi) is 5.56. The van der Waals surface area contributed by atoms with Crippen LogP contribution < -0.4 is 5.73 Å². The van der Waals surface area contributed by atoms with Gasteiger partial charge >= 0.3 is 0 Å². The summed E-state index contributed by atoms with van der Waals surface area (Å²) in [5.41, 5.74) is 8.22. The van der Waals surface area contributed by atoms with Crippen LogP contribution in [0.2, 0.25) is 0 Å². The molecule has 120 valence electrons. The average Bonchev–Trinajstić information content (AvgIpc) is 2.99. The van der Waals surface area contributed by atoms with Crippen molar-refractivity contribution in [3.63, 3.8) is 0 Å². The van der Waals surface area contributed by atoms with Crippen LogP contribution in [0.15, 0.2) is 28.8 Å². The van der Waals surface area contributed by atoms with Gasteiger partial charge in [0, 0.05) is 26.2 Å². The number of aryl methyl sites for hydroxylation is 1. The number of aromatic nitrogens is 2. The lowest BCUT2D eigenvalue weighted by molar-refractivity contribution is 0.0409. The zero-order valence-electron chi connectivity index (χ0n) is 12.7. The fourth-order valence-electron chi connectivity index (χ4n) is 2.79. The lowest BCUT2D eigenvalue weighted by Gasteiger charge is -2.32. The van der Waals surface area contributed by atoms with Gasteiger partial charge in [-0.15, -0.1) is 12.4 Å². The van der Waals surface area contributed by atoms with Gasteiger partial charge in [0.25, 0.3) is 0 Å². The van der Waals surface area contributed by atoms with Gasteiger partial charge in [-0.25, -0.2) is 0 Å². The summed E-state index contributed by atoms with van der Waals surface area (Å²) in [6.07, 6.45) is 2.37. The summed E-state index contributed by atoms with van der Waals surface area (Å²) in [5, 5.41) is 4.14. The Morgan fingerprint density at radius 2 is 1.95 bits per heavy atom. The number of halogens is 1. The second-order valence-electron chi connectivity index (χ2n) is 5.72. The third kappa shape index (κ3) is 3.32. The van der Waals surface area contributed by atoms with Crippen LogP contribution in [0.5, 0.6) is 0 Å². The summed E-state index contributed by atoms with van der Waals surface area (Å²) in [4.78, 5) is 4.60. The molecule has 1 aliphatic rings. The van der Waals surface area contributed by atoms with E-state index in [-0.39, 0.29) is 17.8 Å². The van der Waals surface area contributed by atoms with Crippen LogP contribution in [-0.4, -0.2) is 29.9 Å². The summed E-state index contributed by atoms with van der Waals surface area (Å²) in [6, 6.07) is 8.25. The fourth-order valence-corrected chi connectivity index (χ4v) is 2.79. The van der Waals surface area contributed by atoms with Crippen molar-refractivity contribution < 1.29 is 9.26 Å². The number of ether oxygens (including phenoxy) is 1. The van der Waals surface area contributed by atoms with E-state index in [0.29, 0.717) is 32.1 Å². The maximum atomic E-state index is 5.97. The molecule has 0 unspecified atom stereocenters. The van der Waals surface area contributed by atoms with Crippen molar-refractivity contribution in [1.29, 1.82) is 0 Å². The first-order valence-corrected chi connectivity index (χ1v) is 7.39. The molecule has 2 aromatic rings. The highest BCUT2D eigenvalue weighted by Crippen LogP contribution is 2.32. The molecule has 2 N–H and O–H groups in total. The molecule has 1 aliphatic heterocycles. The standard InChI is InChI=1S/C16H21N3O2.ClH/c1-12-4-2-3-5-13(12)10-14-18-15(21-19-14)16(11-17)6-8-20-9-7-16;/h2-5H,6-11,17H2,1H3;1H. The van der Waals surface area contributed by atoms with Gasteiger partial charge < -0.3 is 15.0 Å². The number of nitrogens with two attached hydrogens (primary N) is 1. The molecule has 1 fully saturated rings. The largest absolute Gasteiger partial charge is 0.381 e. The average molecular weight is 324 g/mol. The zero-order chi connectivity index (χ0) is 14.7. The fraction of sp³-hybridized carbons (Fsp3) is 0.500. The summed E-state index contributed by atoms with van der Waals surface area (Å²) in [5.74, 6) is 1.38. The Morgan fingerprint density at radius 3 is 2.64 bits per heavy atom. The maximum Gasteiger partial charge on any atom is 0.234 e. The molecule has 0 saturated carbocycles. The predicted molar refractivity (Wildman–Crippen MR) is 86.3 cm³/mol. The first kappa shape index (κ1) is 16.9. The van der Waals surface area contributed by atoms with Crippen molar-refractivity contribution in [2.45, 2.75) is 31.6 Å². The highest BCUT2D eigenvalue weighted by molar-refractivity contribution is 5.85. The van der Waals surface area contributed by atoms with Crippen molar-refractivity contribution >= 4 is 12.4 Å². The molecule has 0 bridgehead atoms. The predicted octanol–water partition coefficient (Wildman–Crippen LogP) is 2.40. The van der Waals surface area contributed by atoms with E-state index >= 15 is 0 Å². The minimum atomic E-state index is -0.213. The van der Waals surface area contributed by atoms with E-state index in [2.05, 4.69) is 29.2 Å². The molecule has 0 spiro atoms. The van der Waals surface area contributed by atoms with E-state index in [0.717, 1.165) is 18.7 Å². The molecule has 1 aromatic carbocycles. The summed E-state index contributed by atoms with van der Waals surface area (Å²) >= 11 is 0. The lowest BCUT2D eigenvalue weighted by Crippen LogP contribution is -2.40. The van der Waals surface area contributed by atoms with Crippen LogP contribution in [0.1, 0.15) is 35.7 Å². The molecule has 5 nitrogen and oxygen atoms in total. The molecule has 22 heavy (non-hydrogen) atoms. The van der Waals surface area contributed by atoms with Crippen LogP contribution >= 0.6 is 12.4 Å². The number of hydrogen-bond donors (Lipinski definition) is 1. The zero-order valence-corrected chi connectivity index (χ0v) is 13.6. The summed E-state index contributed by atoms with van der Waals surface area (Å²) in [6.45, 7) is 4.01. The maximum absolute atomic E-state index is 5.97. The molecule has 1 saturated heterocycles. The Labute approximate surface area is 136 Å². The van der Waals surface area contributed by atoms with E-state index in [1.807, 2.05) is 12.1 Å². The van der Waals surface area contributed by atoms with Crippen LogP contribution in [-0.2, 0) is 16.6 Å². The minimum Gasteiger partial charge on any atom is -0.381 e. The van der Waals surface area contributed by atoms with Gasteiger partial charge in [0.1, 0.15) is 0 Å². The smallest absolute Gasteiger partial charge is 0.234 e. The lowest BCUT2D eigenvalue weighted by atomic mass is 9.80. The third-order valence-corrected chi connectivity index (χ3v) is 4.37. The summed E-state index contributed by atoms with van der Waals surface area (Å²) in [7, 11) is 0. The first-order valence-electron chi connectivity index (χ1n) is 7.39. The van der Waals surface area contributed by atoms with Gasteiger partial charge in [0.05, 0.1) is 5.41 Å². The normalized spacial score (nSPS) is 17.0. The number of rotatable bonds is 4. The Morgan fingerprint density at radius 1 is 1.23 bits per heavy atom. The Hall–Kier alpha value is -1.43.